The van der Waals surface area contributed by atoms with Crippen molar-refractivity contribution >= 4 is 0 Å². The lowest BCUT2D eigenvalue weighted by Crippen LogP contribution is -2.65. The van der Waals surface area contributed by atoms with Crippen LogP contribution in [0.1, 0.15) is 85.5 Å². The maximum absolute atomic E-state index is 11.9. The number of aliphatic hydroxyl groups is 8. The number of rotatable bonds is 8. The second-order valence-electron chi connectivity index (χ2n) is 20.0. The molecule has 59 heavy (non-hydrogen) atoms. The van der Waals surface area contributed by atoms with Crippen molar-refractivity contribution < 1.29 is 78.7 Å². The standard InChI is InChI=1S/C43H68O16/c1-18-7-10-43(52-17-18)19(2)30-25-14-26-21(11-22(25)12-27(30)59-43)5-6-23-13-24(8-9-42(23,26)4)54-41-36(51)38(58-40-34(49)32(47)28(15-44)55-40)37(29(16-45)56-41)57-39-35(50)33(48)31(46)20(3)53-39/h6,18-22,24-41,44-51H,5,7-17H2,1-4H3/t18?,19?,20-,21?,22?,24-,25?,26?,27?,28-,29+,30?,31+,32-,33+,34+,35+,36+,37+,38+,39?,40-,41+,42?,43?/m0/s1. The highest BCUT2D eigenvalue weighted by atomic mass is 16.8. The molecule has 25 atom stereocenters. The monoisotopic (exact) mass is 840 g/mol. The molecule has 0 aromatic heterocycles. The molecule has 11 unspecified atom stereocenters. The minimum atomic E-state index is -1.72. The van der Waals surface area contributed by atoms with Gasteiger partial charge in [0, 0.05) is 12.3 Å². The second-order valence-corrected chi connectivity index (χ2v) is 20.0. The number of aliphatic hydroxyl groups excluding tert-OH is 8. The molecule has 9 rings (SSSR count). The molecule has 0 amide bonds. The largest absolute Gasteiger partial charge is 0.394 e. The van der Waals surface area contributed by atoms with Crippen LogP contribution in [0.4, 0.5) is 0 Å². The molecular formula is C43H68O16. The molecule has 9 aliphatic rings. The summed E-state index contributed by atoms with van der Waals surface area (Å²) in [5, 5.41) is 85.0. The lowest BCUT2D eigenvalue weighted by Gasteiger charge is -2.55. The molecule has 0 bridgehead atoms. The zero-order valence-corrected chi connectivity index (χ0v) is 34.7. The Kier molecular flexibility index (Phi) is 12.2. The fourth-order valence-electron chi connectivity index (χ4n) is 13.2. The fraction of sp³-hybridized carbons (Fsp3) is 0.953. The first-order chi connectivity index (χ1) is 28.2. The Balaban J connectivity index is 0.895. The van der Waals surface area contributed by atoms with E-state index in [1.807, 2.05) is 0 Å². The third-order valence-electron chi connectivity index (χ3n) is 16.6. The molecule has 4 aliphatic carbocycles. The summed E-state index contributed by atoms with van der Waals surface area (Å²) < 4.78 is 49.6. The van der Waals surface area contributed by atoms with Gasteiger partial charge in [-0.3, -0.25) is 0 Å². The third kappa shape index (κ3) is 7.40. The van der Waals surface area contributed by atoms with Crippen LogP contribution in [0.3, 0.4) is 0 Å². The van der Waals surface area contributed by atoms with Crippen LogP contribution in [-0.4, -0.2) is 165 Å². The highest BCUT2D eigenvalue weighted by Gasteiger charge is 2.64. The maximum atomic E-state index is 11.9. The van der Waals surface area contributed by atoms with E-state index in [-0.39, 0.29) is 17.6 Å². The van der Waals surface area contributed by atoms with Crippen molar-refractivity contribution in [2.24, 2.45) is 46.8 Å². The van der Waals surface area contributed by atoms with Crippen molar-refractivity contribution in [2.45, 2.75) is 189 Å². The Hall–Kier alpha value is -0.900. The van der Waals surface area contributed by atoms with Gasteiger partial charge in [-0.25, -0.2) is 0 Å². The summed E-state index contributed by atoms with van der Waals surface area (Å²) in [5.74, 6) is 3.49. The smallest absolute Gasteiger partial charge is 0.187 e. The number of allylic oxidation sites excluding steroid dienone is 1. The van der Waals surface area contributed by atoms with E-state index in [1.54, 1.807) is 0 Å². The van der Waals surface area contributed by atoms with Crippen LogP contribution < -0.4 is 0 Å². The van der Waals surface area contributed by atoms with Crippen LogP contribution in [0.15, 0.2) is 11.6 Å². The highest BCUT2D eigenvalue weighted by Crippen LogP contribution is 2.65. The Labute approximate surface area is 346 Å². The van der Waals surface area contributed by atoms with E-state index >= 15 is 0 Å². The quantitative estimate of drug-likeness (QED) is 0.155. The first-order valence-corrected chi connectivity index (χ1v) is 22.4. The lowest BCUT2D eigenvalue weighted by atomic mass is 9.50. The number of ether oxygens (including phenoxy) is 8. The highest BCUT2D eigenvalue weighted by molar-refractivity contribution is 5.25. The van der Waals surface area contributed by atoms with E-state index in [1.165, 1.54) is 25.3 Å². The molecule has 8 fully saturated rings. The van der Waals surface area contributed by atoms with Gasteiger partial charge in [0.05, 0.1) is 38.1 Å². The topological polar surface area (TPSA) is 236 Å². The first kappa shape index (κ1) is 43.4. The van der Waals surface area contributed by atoms with Gasteiger partial charge in [0.15, 0.2) is 24.7 Å². The van der Waals surface area contributed by atoms with Gasteiger partial charge in [-0.15, -0.1) is 0 Å². The minimum Gasteiger partial charge on any atom is -0.394 e. The predicted molar refractivity (Wildman–Crippen MR) is 204 cm³/mol. The minimum absolute atomic E-state index is 0.00336. The summed E-state index contributed by atoms with van der Waals surface area (Å²) in [6.07, 6.45) is -8.70. The van der Waals surface area contributed by atoms with E-state index in [2.05, 4.69) is 26.8 Å². The predicted octanol–water partition coefficient (Wildman–Crippen LogP) is 0.463. The van der Waals surface area contributed by atoms with Crippen LogP contribution in [0.25, 0.3) is 0 Å². The van der Waals surface area contributed by atoms with Gasteiger partial charge in [-0.05, 0) is 99.2 Å². The molecule has 5 aliphatic heterocycles. The van der Waals surface area contributed by atoms with Crippen LogP contribution in [0.5, 0.6) is 0 Å². The fourth-order valence-corrected chi connectivity index (χ4v) is 13.2. The molecule has 0 aromatic rings. The molecule has 0 radical (unpaired) electrons. The van der Waals surface area contributed by atoms with Gasteiger partial charge >= 0.3 is 0 Å². The summed E-state index contributed by atoms with van der Waals surface area (Å²) in [6.45, 7) is 8.07. The van der Waals surface area contributed by atoms with Crippen LogP contribution >= 0.6 is 0 Å². The van der Waals surface area contributed by atoms with Gasteiger partial charge < -0.3 is 78.7 Å². The molecule has 16 heteroatoms. The van der Waals surface area contributed by atoms with E-state index in [0.717, 1.165) is 38.7 Å². The van der Waals surface area contributed by atoms with Crippen LogP contribution in [0, 0.1) is 46.8 Å². The molecule has 336 valence electrons. The van der Waals surface area contributed by atoms with Gasteiger partial charge in [-0.1, -0.05) is 32.4 Å². The number of hydrogen-bond acceptors (Lipinski definition) is 16. The molecule has 8 N–H and O–H groups in total. The number of hydrogen-bond donors (Lipinski definition) is 8. The molecular weight excluding hydrogens is 772 g/mol. The molecule has 0 aromatic carbocycles. The van der Waals surface area contributed by atoms with E-state index in [4.69, 9.17) is 37.9 Å². The van der Waals surface area contributed by atoms with E-state index in [9.17, 15) is 40.9 Å². The molecule has 1 spiro atoms. The van der Waals surface area contributed by atoms with Crippen molar-refractivity contribution in [3.05, 3.63) is 11.6 Å². The Morgan fingerprint density at radius 2 is 1.41 bits per heavy atom. The van der Waals surface area contributed by atoms with Crippen molar-refractivity contribution in [3.8, 4) is 0 Å². The first-order valence-electron chi connectivity index (χ1n) is 22.4. The summed E-state index contributed by atoms with van der Waals surface area (Å²) in [7, 11) is 0. The van der Waals surface area contributed by atoms with Crippen LogP contribution in [0.2, 0.25) is 0 Å². The normalized spacial score (nSPS) is 57.2. The van der Waals surface area contributed by atoms with Gasteiger partial charge in [0.1, 0.15) is 61.0 Å². The van der Waals surface area contributed by atoms with Crippen molar-refractivity contribution in [2.75, 3.05) is 19.8 Å². The molecule has 5 heterocycles. The van der Waals surface area contributed by atoms with Gasteiger partial charge in [0.2, 0.25) is 0 Å². The summed E-state index contributed by atoms with van der Waals surface area (Å²) in [6, 6.07) is 0. The summed E-state index contributed by atoms with van der Waals surface area (Å²) in [4.78, 5) is 0. The van der Waals surface area contributed by atoms with Crippen molar-refractivity contribution in [1.82, 2.24) is 0 Å². The molecule has 5 saturated heterocycles. The zero-order chi connectivity index (χ0) is 41.7. The van der Waals surface area contributed by atoms with Crippen molar-refractivity contribution in [1.29, 1.82) is 0 Å². The summed E-state index contributed by atoms with van der Waals surface area (Å²) in [5.41, 5.74) is 1.37. The number of fused-ring (bicyclic) bond motifs is 6. The van der Waals surface area contributed by atoms with Crippen LogP contribution in [-0.2, 0) is 37.9 Å². The Bertz CT molecular complexity index is 1510. The van der Waals surface area contributed by atoms with E-state index in [0.29, 0.717) is 54.3 Å². The van der Waals surface area contributed by atoms with E-state index < -0.39 is 105 Å². The third-order valence-corrected chi connectivity index (χ3v) is 16.6. The second kappa shape index (κ2) is 16.6. The average Bonchev–Trinajstić information content (AvgIpc) is 3.81. The Morgan fingerprint density at radius 3 is 2.12 bits per heavy atom. The molecule has 16 nitrogen and oxygen atoms in total. The lowest BCUT2D eigenvalue weighted by molar-refractivity contribution is -0.376. The zero-order valence-electron chi connectivity index (χ0n) is 34.7. The summed E-state index contributed by atoms with van der Waals surface area (Å²) >= 11 is 0. The maximum Gasteiger partial charge on any atom is 0.187 e. The van der Waals surface area contributed by atoms with Gasteiger partial charge in [-0.2, -0.15) is 0 Å². The average molecular weight is 841 g/mol. The van der Waals surface area contributed by atoms with Crippen molar-refractivity contribution in [3.63, 3.8) is 0 Å². The SMILES string of the molecule is CC1CCC2(OC1)OC1CC3CC4CC=C5C[C@@H](O[C@@H]6O[C@H](CO)[C@@H](OC7O[C@@H](C)[C@@H](O)[C@@H](O)[C@H]7O)[C@H](O[C@@H]7O[C@@H](CO)[C@H](O)[C@H]7O)[C@H]6O)CCC5(C)C4CC3C1C2C. The van der Waals surface area contributed by atoms with Gasteiger partial charge in [0.25, 0.3) is 0 Å². The Morgan fingerprint density at radius 1 is 0.712 bits per heavy atom. The molecule has 3 saturated carbocycles.